The van der Waals surface area contributed by atoms with Gasteiger partial charge in [0.2, 0.25) is 0 Å². The van der Waals surface area contributed by atoms with E-state index >= 15 is 0 Å². The number of piperazine rings is 1. The molecule has 4 N–H and O–H groups in total. The Morgan fingerprint density at radius 1 is 1.18 bits per heavy atom. The van der Waals surface area contributed by atoms with E-state index in [1.54, 1.807) is 0 Å². The Labute approximate surface area is 137 Å². The third-order valence-corrected chi connectivity index (χ3v) is 3.26. The van der Waals surface area contributed by atoms with Gasteiger partial charge in [0, 0.05) is 37.8 Å². The predicted molar refractivity (Wildman–Crippen MR) is 80.2 cm³/mol. The number of phenolic OH excluding ortho intramolecular Hbond substituents is 1. The van der Waals surface area contributed by atoms with Gasteiger partial charge in [0.1, 0.15) is 17.6 Å². The number of hydrogen-bond acceptors (Lipinski definition) is 4. The van der Waals surface area contributed by atoms with Gasteiger partial charge in [-0.2, -0.15) is 13.2 Å². The highest BCUT2D eigenvalue weighted by molar-refractivity contribution is 5.85. The van der Waals surface area contributed by atoms with E-state index in [2.05, 4.69) is 5.32 Å². The SMILES string of the molecule is Cl.Cl.Nc1cc(F)cc([C@H](N2CCNCC2)C(F)(F)F)c1O. The highest BCUT2D eigenvalue weighted by Gasteiger charge is 2.46. The third-order valence-electron chi connectivity index (χ3n) is 3.26. The van der Waals surface area contributed by atoms with E-state index in [0.29, 0.717) is 19.2 Å². The minimum Gasteiger partial charge on any atom is -0.505 e. The Morgan fingerprint density at radius 3 is 2.23 bits per heavy atom. The van der Waals surface area contributed by atoms with Crippen molar-refractivity contribution in [2.45, 2.75) is 12.2 Å². The van der Waals surface area contributed by atoms with E-state index in [0.717, 1.165) is 11.0 Å². The van der Waals surface area contributed by atoms with Gasteiger partial charge in [0.15, 0.2) is 0 Å². The summed E-state index contributed by atoms with van der Waals surface area (Å²) in [5, 5.41) is 12.7. The molecule has 0 amide bonds. The number of rotatable bonds is 2. The summed E-state index contributed by atoms with van der Waals surface area (Å²) in [6.45, 7) is 1.11. The first-order valence-electron chi connectivity index (χ1n) is 6.10. The van der Waals surface area contributed by atoms with E-state index in [-0.39, 0.29) is 37.9 Å². The zero-order valence-corrected chi connectivity index (χ0v) is 13.0. The molecule has 0 aliphatic carbocycles. The minimum absolute atomic E-state index is 0. The highest BCUT2D eigenvalue weighted by Crippen LogP contribution is 2.43. The molecule has 1 fully saturated rings. The molecule has 10 heteroatoms. The maximum atomic E-state index is 13.3. The number of phenols is 1. The lowest BCUT2D eigenvalue weighted by Gasteiger charge is -2.36. The second kappa shape index (κ2) is 8.05. The molecule has 2 rings (SSSR count). The van der Waals surface area contributed by atoms with Crippen molar-refractivity contribution in [3.05, 3.63) is 23.5 Å². The molecule has 0 spiro atoms. The first-order valence-corrected chi connectivity index (χ1v) is 6.10. The predicted octanol–water partition coefficient (Wildman–Crippen LogP) is 2.47. The Morgan fingerprint density at radius 2 is 1.73 bits per heavy atom. The minimum atomic E-state index is -4.63. The van der Waals surface area contributed by atoms with E-state index in [9.17, 15) is 22.7 Å². The molecule has 1 heterocycles. The molecule has 0 radical (unpaired) electrons. The lowest BCUT2D eigenvalue weighted by Crippen LogP contribution is -2.49. The number of nitrogens with two attached hydrogens (primary N) is 1. The molecule has 0 bridgehead atoms. The lowest BCUT2D eigenvalue weighted by atomic mass is 10.0. The van der Waals surface area contributed by atoms with Crippen LogP contribution in [-0.2, 0) is 0 Å². The van der Waals surface area contributed by atoms with Crippen LogP contribution >= 0.6 is 24.8 Å². The summed E-state index contributed by atoms with van der Waals surface area (Å²) in [5.41, 5.74) is 4.40. The van der Waals surface area contributed by atoms with Crippen LogP contribution in [0, 0.1) is 5.82 Å². The molecular formula is C12H17Cl2F4N3O. The third kappa shape index (κ3) is 4.52. The summed E-state index contributed by atoms with van der Waals surface area (Å²) in [7, 11) is 0. The molecule has 0 unspecified atom stereocenters. The van der Waals surface area contributed by atoms with Crippen LogP contribution in [0.3, 0.4) is 0 Å². The van der Waals surface area contributed by atoms with Crippen molar-refractivity contribution in [2.75, 3.05) is 31.9 Å². The number of nitrogens with one attached hydrogen (secondary N) is 1. The van der Waals surface area contributed by atoms with Gasteiger partial charge in [-0.1, -0.05) is 0 Å². The molecule has 4 nitrogen and oxygen atoms in total. The van der Waals surface area contributed by atoms with Crippen LogP contribution < -0.4 is 11.1 Å². The van der Waals surface area contributed by atoms with Crippen molar-refractivity contribution < 1.29 is 22.7 Å². The molecule has 1 aromatic carbocycles. The Balaban J connectivity index is 0.00000220. The fourth-order valence-electron chi connectivity index (χ4n) is 2.37. The van der Waals surface area contributed by atoms with Crippen LogP contribution in [0.2, 0.25) is 0 Å². The quantitative estimate of drug-likeness (QED) is 0.428. The van der Waals surface area contributed by atoms with Gasteiger partial charge in [0.25, 0.3) is 0 Å². The second-order valence-corrected chi connectivity index (χ2v) is 4.66. The van der Waals surface area contributed by atoms with Crippen molar-refractivity contribution in [3.8, 4) is 5.75 Å². The number of nitrogens with zero attached hydrogens (tertiary/aromatic N) is 1. The number of hydrogen-bond donors (Lipinski definition) is 3. The fraction of sp³-hybridized carbons (Fsp3) is 0.500. The first kappa shape index (κ1) is 21.0. The van der Waals surface area contributed by atoms with Gasteiger partial charge < -0.3 is 16.2 Å². The molecule has 0 saturated carbocycles. The molecule has 1 aromatic rings. The zero-order valence-electron chi connectivity index (χ0n) is 11.4. The summed E-state index contributed by atoms with van der Waals surface area (Å²) in [4.78, 5) is 1.16. The molecule has 0 aromatic heterocycles. The van der Waals surface area contributed by atoms with Crippen molar-refractivity contribution in [1.29, 1.82) is 0 Å². The van der Waals surface area contributed by atoms with Crippen molar-refractivity contribution in [2.24, 2.45) is 0 Å². The highest BCUT2D eigenvalue weighted by atomic mass is 35.5. The normalized spacial score (nSPS) is 17.3. The van der Waals surface area contributed by atoms with Crippen LogP contribution in [-0.4, -0.2) is 42.4 Å². The summed E-state index contributed by atoms with van der Waals surface area (Å²) in [6.07, 6.45) is -4.63. The molecule has 1 aliphatic rings. The van der Waals surface area contributed by atoms with Gasteiger partial charge in [-0.05, 0) is 6.07 Å². The molecule has 22 heavy (non-hydrogen) atoms. The lowest BCUT2D eigenvalue weighted by molar-refractivity contribution is -0.188. The van der Waals surface area contributed by atoms with Crippen LogP contribution in [0.15, 0.2) is 12.1 Å². The zero-order chi connectivity index (χ0) is 14.9. The molecule has 1 aliphatic heterocycles. The number of anilines is 1. The number of aromatic hydroxyl groups is 1. The van der Waals surface area contributed by atoms with Crippen molar-refractivity contribution in [3.63, 3.8) is 0 Å². The van der Waals surface area contributed by atoms with E-state index in [1.807, 2.05) is 0 Å². The number of benzene rings is 1. The van der Waals surface area contributed by atoms with E-state index < -0.39 is 35.0 Å². The topological polar surface area (TPSA) is 61.5 Å². The summed E-state index contributed by atoms with van der Waals surface area (Å²) in [5.74, 6) is -1.62. The van der Waals surface area contributed by atoms with Crippen molar-refractivity contribution in [1.82, 2.24) is 10.2 Å². The first-order chi connectivity index (χ1) is 9.30. The second-order valence-electron chi connectivity index (χ2n) is 4.66. The average molecular weight is 366 g/mol. The monoisotopic (exact) mass is 365 g/mol. The van der Waals surface area contributed by atoms with Gasteiger partial charge >= 0.3 is 6.18 Å². The summed E-state index contributed by atoms with van der Waals surface area (Å²) < 4.78 is 53.2. The number of alkyl halides is 3. The Kier molecular flexibility index (Phi) is 7.70. The molecule has 1 saturated heterocycles. The van der Waals surface area contributed by atoms with Crippen LogP contribution in [0.4, 0.5) is 23.2 Å². The maximum absolute atomic E-state index is 13.3. The molecule has 128 valence electrons. The van der Waals surface area contributed by atoms with E-state index in [1.165, 1.54) is 0 Å². The molecular weight excluding hydrogens is 349 g/mol. The maximum Gasteiger partial charge on any atom is 0.408 e. The van der Waals surface area contributed by atoms with Gasteiger partial charge in [-0.3, -0.25) is 4.90 Å². The van der Waals surface area contributed by atoms with Crippen LogP contribution in [0.25, 0.3) is 0 Å². The fourth-order valence-corrected chi connectivity index (χ4v) is 2.37. The largest absolute Gasteiger partial charge is 0.505 e. The van der Waals surface area contributed by atoms with Crippen molar-refractivity contribution >= 4 is 30.5 Å². The summed E-state index contributed by atoms with van der Waals surface area (Å²) >= 11 is 0. The van der Waals surface area contributed by atoms with Gasteiger partial charge in [0.05, 0.1) is 5.69 Å². The molecule has 1 atom stereocenters. The number of nitrogen functional groups attached to an aromatic ring is 1. The van der Waals surface area contributed by atoms with Gasteiger partial charge in [-0.25, -0.2) is 4.39 Å². The summed E-state index contributed by atoms with van der Waals surface area (Å²) in [6, 6.07) is -0.585. The average Bonchev–Trinajstić information content (AvgIpc) is 2.35. The standard InChI is InChI=1S/C12H15F4N3O.2ClH/c13-7-5-8(10(20)9(17)6-7)11(12(14,15)16)19-3-1-18-2-4-19;;/h5-6,11,18,20H,1-4,17H2;2*1H/t11-;;/m0../s1. The van der Waals surface area contributed by atoms with Crippen LogP contribution in [0.5, 0.6) is 5.75 Å². The smallest absolute Gasteiger partial charge is 0.408 e. The van der Waals surface area contributed by atoms with Gasteiger partial charge in [-0.15, -0.1) is 24.8 Å². The van der Waals surface area contributed by atoms with Crippen LogP contribution in [0.1, 0.15) is 11.6 Å². The Hall–Kier alpha value is -0.960. The van der Waals surface area contributed by atoms with E-state index in [4.69, 9.17) is 5.73 Å². The Bertz CT molecular complexity index is 496. The number of halogens is 6.